The van der Waals surface area contributed by atoms with Crippen LogP contribution >= 0.6 is 11.8 Å². The van der Waals surface area contributed by atoms with Gasteiger partial charge in [-0.15, -0.1) is 0 Å². The quantitative estimate of drug-likeness (QED) is 0.841. The first kappa shape index (κ1) is 13.0. The van der Waals surface area contributed by atoms with E-state index in [9.17, 15) is 9.59 Å². The van der Waals surface area contributed by atoms with Crippen molar-refractivity contribution in [3.05, 3.63) is 24.3 Å². The second kappa shape index (κ2) is 5.54. The standard InChI is InChI=1S/C13H13N3O3S/c17-11(16-12(18)14-8-5-6-8)7-20-13-15-9-3-1-2-4-10(9)19-13/h1-4,8H,5-7H2,(H2,14,16,17,18). The molecule has 0 spiro atoms. The molecule has 0 radical (unpaired) electrons. The Labute approximate surface area is 119 Å². The highest BCUT2D eigenvalue weighted by atomic mass is 32.2. The van der Waals surface area contributed by atoms with Crippen LogP contribution in [0.5, 0.6) is 0 Å². The minimum Gasteiger partial charge on any atom is -0.431 e. The van der Waals surface area contributed by atoms with E-state index < -0.39 is 6.03 Å². The van der Waals surface area contributed by atoms with E-state index in [4.69, 9.17) is 4.42 Å². The lowest BCUT2D eigenvalue weighted by Crippen LogP contribution is -2.41. The number of rotatable bonds is 4. The lowest BCUT2D eigenvalue weighted by molar-refractivity contribution is -0.117. The van der Waals surface area contributed by atoms with Crippen LogP contribution in [-0.4, -0.2) is 28.7 Å². The largest absolute Gasteiger partial charge is 0.431 e. The van der Waals surface area contributed by atoms with Crippen LogP contribution in [0.3, 0.4) is 0 Å². The molecule has 2 aromatic rings. The van der Waals surface area contributed by atoms with Crippen LogP contribution in [0.2, 0.25) is 0 Å². The molecule has 0 atom stereocenters. The predicted molar refractivity (Wildman–Crippen MR) is 74.4 cm³/mol. The van der Waals surface area contributed by atoms with Gasteiger partial charge in [0.1, 0.15) is 5.52 Å². The predicted octanol–water partition coefficient (Wildman–Crippen LogP) is 1.91. The Kier molecular flexibility index (Phi) is 3.60. The Morgan fingerprint density at radius 2 is 2.15 bits per heavy atom. The summed E-state index contributed by atoms with van der Waals surface area (Å²) in [6.07, 6.45) is 1.97. The Hall–Kier alpha value is -2.02. The van der Waals surface area contributed by atoms with Gasteiger partial charge in [-0.1, -0.05) is 23.9 Å². The Bertz CT molecular complexity index is 618. The molecule has 0 bridgehead atoms. The van der Waals surface area contributed by atoms with E-state index in [-0.39, 0.29) is 17.7 Å². The maximum atomic E-state index is 11.6. The van der Waals surface area contributed by atoms with Crippen LogP contribution in [-0.2, 0) is 4.79 Å². The first-order chi connectivity index (χ1) is 9.70. The minimum atomic E-state index is -0.435. The van der Waals surface area contributed by atoms with Crippen molar-refractivity contribution in [2.45, 2.75) is 24.1 Å². The molecule has 1 heterocycles. The van der Waals surface area contributed by atoms with Crippen molar-refractivity contribution in [1.29, 1.82) is 0 Å². The highest BCUT2D eigenvalue weighted by Crippen LogP contribution is 2.22. The van der Waals surface area contributed by atoms with Crippen molar-refractivity contribution in [2.75, 3.05) is 5.75 Å². The fourth-order valence-electron chi connectivity index (χ4n) is 1.65. The fraction of sp³-hybridized carbons (Fsp3) is 0.308. The van der Waals surface area contributed by atoms with Gasteiger partial charge in [0, 0.05) is 6.04 Å². The molecule has 3 rings (SSSR count). The van der Waals surface area contributed by atoms with Crippen LogP contribution in [0, 0.1) is 0 Å². The van der Waals surface area contributed by atoms with Gasteiger partial charge in [-0.25, -0.2) is 9.78 Å². The van der Waals surface area contributed by atoms with E-state index in [0.717, 1.165) is 30.1 Å². The summed E-state index contributed by atoms with van der Waals surface area (Å²) in [5.41, 5.74) is 1.43. The average Bonchev–Trinajstić information content (AvgIpc) is 3.12. The van der Waals surface area contributed by atoms with Gasteiger partial charge in [-0.05, 0) is 25.0 Å². The Balaban J connectivity index is 1.50. The molecule has 6 nitrogen and oxygen atoms in total. The number of carbonyl (C=O) groups is 2. The zero-order valence-electron chi connectivity index (χ0n) is 10.6. The number of oxazole rings is 1. The number of hydrogen-bond donors (Lipinski definition) is 2. The number of thioether (sulfide) groups is 1. The van der Waals surface area contributed by atoms with Gasteiger partial charge in [0.15, 0.2) is 5.58 Å². The summed E-state index contributed by atoms with van der Waals surface area (Å²) in [7, 11) is 0. The van der Waals surface area contributed by atoms with Crippen LogP contribution < -0.4 is 10.6 Å². The van der Waals surface area contributed by atoms with Gasteiger partial charge >= 0.3 is 6.03 Å². The molecule has 1 aliphatic carbocycles. The van der Waals surface area contributed by atoms with E-state index in [1.54, 1.807) is 0 Å². The molecule has 3 amide bonds. The maximum Gasteiger partial charge on any atom is 0.321 e. The molecule has 1 aliphatic rings. The van der Waals surface area contributed by atoms with Gasteiger partial charge in [-0.3, -0.25) is 10.1 Å². The summed E-state index contributed by atoms with van der Waals surface area (Å²) in [6.45, 7) is 0. The van der Waals surface area contributed by atoms with Crippen molar-refractivity contribution in [3.63, 3.8) is 0 Å². The molecule has 1 saturated carbocycles. The second-order valence-electron chi connectivity index (χ2n) is 4.53. The SMILES string of the molecule is O=C(CSc1nc2ccccc2o1)NC(=O)NC1CC1. The zero-order chi connectivity index (χ0) is 13.9. The number of urea groups is 1. The summed E-state index contributed by atoms with van der Waals surface area (Å²) in [6, 6.07) is 7.18. The number of benzene rings is 1. The van der Waals surface area contributed by atoms with Gasteiger partial charge in [0.05, 0.1) is 5.75 Å². The molecule has 7 heteroatoms. The molecule has 0 aliphatic heterocycles. The van der Waals surface area contributed by atoms with Gasteiger partial charge < -0.3 is 9.73 Å². The molecule has 1 aromatic heterocycles. The summed E-state index contributed by atoms with van der Waals surface area (Å²) >= 11 is 1.16. The zero-order valence-corrected chi connectivity index (χ0v) is 11.4. The topological polar surface area (TPSA) is 84.2 Å². The molecular weight excluding hydrogens is 278 g/mol. The minimum absolute atomic E-state index is 0.0882. The second-order valence-corrected chi connectivity index (χ2v) is 5.46. The summed E-state index contributed by atoms with van der Waals surface area (Å²) < 4.78 is 5.47. The van der Waals surface area contributed by atoms with Gasteiger partial charge in [0.25, 0.3) is 5.22 Å². The molecular formula is C13H13N3O3S. The Morgan fingerprint density at radius 3 is 2.90 bits per heavy atom. The number of nitrogens with one attached hydrogen (secondary N) is 2. The number of fused-ring (bicyclic) bond motifs is 1. The normalized spacial score (nSPS) is 14.2. The highest BCUT2D eigenvalue weighted by molar-refractivity contribution is 7.99. The molecule has 20 heavy (non-hydrogen) atoms. The monoisotopic (exact) mass is 291 g/mol. The number of imide groups is 1. The number of carbonyl (C=O) groups excluding carboxylic acids is 2. The van der Waals surface area contributed by atoms with E-state index in [2.05, 4.69) is 15.6 Å². The molecule has 104 valence electrons. The van der Waals surface area contributed by atoms with Crippen LogP contribution in [0.25, 0.3) is 11.1 Å². The van der Waals surface area contributed by atoms with E-state index in [0.29, 0.717) is 10.8 Å². The fourth-order valence-corrected chi connectivity index (χ4v) is 2.29. The summed E-state index contributed by atoms with van der Waals surface area (Å²) in [5.74, 6) is -0.277. The van der Waals surface area contributed by atoms with Gasteiger partial charge in [-0.2, -0.15) is 0 Å². The van der Waals surface area contributed by atoms with E-state index in [1.807, 2.05) is 24.3 Å². The molecule has 2 N–H and O–H groups in total. The van der Waals surface area contributed by atoms with E-state index >= 15 is 0 Å². The smallest absolute Gasteiger partial charge is 0.321 e. The Morgan fingerprint density at radius 1 is 1.35 bits per heavy atom. The van der Waals surface area contributed by atoms with Crippen molar-refractivity contribution < 1.29 is 14.0 Å². The third kappa shape index (κ3) is 3.30. The summed E-state index contributed by atoms with van der Waals surface area (Å²) in [5, 5.41) is 5.38. The molecule has 1 fully saturated rings. The highest BCUT2D eigenvalue weighted by Gasteiger charge is 2.23. The number of para-hydroxylation sites is 2. The third-order valence-electron chi connectivity index (χ3n) is 2.77. The van der Waals surface area contributed by atoms with Gasteiger partial charge in [0.2, 0.25) is 5.91 Å². The number of hydrogen-bond acceptors (Lipinski definition) is 5. The molecule has 0 saturated heterocycles. The van der Waals surface area contributed by atoms with Crippen molar-refractivity contribution in [1.82, 2.24) is 15.6 Å². The average molecular weight is 291 g/mol. The lowest BCUT2D eigenvalue weighted by Gasteiger charge is -2.03. The van der Waals surface area contributed by atoms with Crippen molar-refractivity contribution >= 4 is 34.8 Å². The molecule has 0 unspecified atom stereocenters. The van der Waals surface area contributed by atoms with Crippen LogP contribution in [0.1, 0.15) is 12.8 Å². The van der Waals surface area contributed by atoms with Crippen molar-refractivity contribution in [3.8, 4) is 0 Å². The summed E-state index contributed by atoms with van der Waals surface area (Å²) in [4.78, 5) is 27.2. The lowest BCUT2D eigenvalue weighted by atomic mass is 10.3. The first-order valence-electron chi connectivity index (χ1n) is 6.29. The maximum absolute atomic E-state index is 11.6. The number of aromatic nitrogens is 1. The molecule has 1 aromatic carbocycles. The van der Waals surface area contributed by atoms with Crippen LogP contribution in [0.4, 0.5) is 4.79 Å². The number of nitrogens with zero attached hydrogens (tertiary/aromatic N) is 1. The number of amides is 3. The first-order valence-corrected chi connectivity index (χ1v) is 7.28. The van der Waals surface area contributed by atoms with Crippen LogP contribution in [0.15, 0.2) is 33.9 Å². The van der Waals surface area contributed by atoms with Crippen molar-refractivity contribution in [2.24, 2.45) is 0 Å². The third-order valence-corrected chi connectivity index (χ3v) is 3.59. The van der Waals surface area contributed by atoms with E-state index in [1.165, 1.54) is 0 Å².